The summed E-state index contributed by atoms with van der Waals surface area (Å²) < 4.78 is 11.9. The number of methoxy groups -OCH3 is 2. The fourth-order valence-corrected chi connectivity index (χ4v) is 5.90. The lowest BCUT2D eigenvalue weighted by molar-refractivity contribution is -0.0260. The number of rotatable bonds is 10. The van der Waals surface area contributed by atoms with Gasteiger partial charge in [0.1, 0.15) is 11.5 Å². The molecule has 0 aliphatic heterocycles. The molecule has 0 radical (unpaired) electrons. The van der Waals surface area contributed by atoms with Gasteiger partial charge >= 0.3 is 0 Å². The summed E-state index contributed by atoms with van der Waals surface area (Å²) in [6.45, 7) is 11.7. The SMILES string of the molecule is CCCCCCC(C)(C)c1cc(OC)c(C2C=C(CO)[C@@H]3CC2C3(C)C)c(OC)c1. The summed E-state index contributed by atoms with van der Waals surface area (Å²) in [4.78, 5) is 0. The van der Waals surface area contributed by atoms with E-state index in [0.29, 0.717) is 11.8 Å². The number of aliphatic hydroxyl groups excluding tert-OH is 1. The second-order valence-corrected chi connectivity index (χ2v) is 10.6. The topological polar surface area (TPSA) is 38.7 Å². The minimum absolute atomic E-state index is 0.0757. The molecule has 30 heavy (non-hydrogen) atoms. The first-order valence-corrected chi connectivity index (χ1v) is 11.8. The van der Waals surface area contributed by atoms with Crippen molar-refractivity contribution in [3.05, 3.63) is 34.9 Å². The Labute approximate surface area is 183 Å². The maximum atomic E-state index is 9.98. The molecule has 4 rings (SSSR count). The zero-order valence-corrected chi connectivity index (χ0v) is 20.2. The molecule has 168 valence electrons. The Morgan fingerprint density at radius 1 is 1.07 bits per heavy atom. The molecule has 0 aromatic heterocycles. The van der Waals surface area contributed by atoms with E-state index < -0.39 is 0 Å². The number of allylic oxidation sites excluding steroid dienone is 1. The maximum absolute atomic E-state index is 9.98. The molecule has 3 aliphatic rings. The molecule has 3 atom stereocenters. The molecule has 1 aromatic rings. The van der Waals surface area contributed by atoms with Crippen LogP contribution in [0, 0.1) is 17.3 Å². The van der Waals surface area contributed by atoms with Crippen LogP contribution in [0.25, 0.3) is 0 Å². The molecule has 0 heterocycles. The van der Waals surface area contributed by atoms with E-state index in [2.05, 4.69) is 52.8 Å². The smallest absolute Gasteiger partial charge is 0.126 e. The third-order valence-electron chi connectivity index (χ3n) is 8.11. The molecular formula is C27H42O3. The van der Waals surface area contributed by atoms with E-state index in [4.69, 9.17) is 9.47 Å². The maximum Gasteiger partial charge on any atom is 0.126 e. The number of hydrogen-bond acceptors (Lipinski definition) is 3. The van der Waals surface area contributed by atoms with Crippen LogP contribution in [0.15, 0.2) is 23.8 Å². The number of ether oxygens (including phenoxy) is 2. The number of fused-ring (bicyclic) bond motifs is 1. The summed E-state index contributed by atoms with van der Waals surface area (Å²) in [5, 5.41) is 9.98. The summed E-state index contributed by atoms with van der Waals surface area (Å²) in [5.74, 6) is 3.12. The first-order chi connectivity index (χ1) is 14.2. The summed E-state index contributed by atoms with van der Waals surface area (Å²) in [6, 6.07) is 4.48. The molecule has 3 heteroatoms. The lowest BCUT2D eigenvalue weighted by Gasteiger charge is -2.59. The van der Waals surface area contributed by atoms with Crippen LogP contribution in [0.2, 0.25) is 0 Å². The highest BCUT2D eigenvalue weighted by Crippen LogP contribution is 2.65. The lowest BCUT2D eigenvalue weighted by atomic mass is 9.45. The van der Waals surface area contributed by atoms with E-state index in [0.717, 1.165) is 29.9 Å². The average molecular weight is 415 g/mol. The molecule has 0 spiro atoms. The molecule has 3 aliphatic carbocycles. The second-order valence-electron chi connectivity index (χ2n) is 10.6. The lowest BCUT2D eigenvalue weighted by Crippen LogP contribution is -2.51. The highest BCUT2D eigenvalue weighted by atomic mass is 16.5. The van der Waals surface area contributed by atoms with Gasteiger partial charge in [0.15, 0.2) is 0 Å². The van der Waals surface area contributed by atoms with Gasteiger partial charge < -0.3 is 14.6 Å². The van der Waals surface area contributed by atoms with Crippen LogP contribution in [0.3, 0.4) is 0 Å². The Hall–Kier alpha value is -1.48. The standard InChI is InChI=1S/C27H42O3/c1-8-9-10-11-12-26(2,3)19-14-23(29-6)25(24(15-19)30-7)20-13-18(17-28)21-16-22(20)27(21,4)5/h13-15,20-22,28H,8-12,16-17H2,1-7H3/t20?,21-,22?/m0/s1. The Balaban J connectivity index is 1.99. The number of benzene rings is 1. The van der Waals surface area contributed by atoms with Crippen molar-refractivity contribution in [1.29, 1.82) is 0 Å². The van der Waals surface area contributed by atoms with Gasteiger partial charge in [0.25, 0.3) is 0 Å². The van der Waals surface area contributed by atoms with E-state index in [1.165, 1.54) is 36.8 Å². The molecule has 1 aromatic carbocycles. The molecule has 0 saturated heterocycles. The Morgan fingerprint density at radius 3 is 2.20 bits per heavy atom. The van der Waals surface area contributed by atoms with Crippen LogP contribution in [0.4, 0.5) is 0 Å². The molecule has 0 amide bonds. The van der Waals surface area contributed by atoms with Crippen molar-refractivity contribution in [1.82, 2.24) is 0 Å². The van der Waals surface area contributed by atoms with Gasteiger partial charge in [-0.25, -0.2) is 0 Å². The van der Waals surface area contributed by atoms with Crippen LogP contribution in [0.5, 0.6) is 11.5 Å². The minimum Gasteiger partial charge on any atom is -0.496 e. The third-order valence-corrected chi connectivity index (χ3v) is 8.11. The van der Waals surface area contributed by atoms with Crippen molar-refractivity contribution in [2.24, 2.45) is 17.3 Å². The van der Waals surface area contributed by atoms with E-state index in [-0.39, 0.29) is 23.4 Å². The molecular weight excluding hydrogens is 372 g/mol. The Morgan fingerprint density at radius 2 is 1.70 bits per heavy atom. The predicted octanol–water partition coefficient (Wildman–Crippen LogP) is 6.63. The number of aliphatic hydroxyl groups is 1. The van der Waals surface area contributed by atoms with Crippen molar-refractivity contribution in [3.8, 4) is 11.5 Å². The van der Waals surface area contributed by atoms with Crippen molar-refractivity contribution in [2.75, 3.05) is 20.8 Å². The van der Waals surface area contributed by atoms with Gasteiger partial charge in [-0.3, -0.25) is 0 Å². The van der Waals surface area contributed by atoms with Crippen molar-refractivity contribution >= 4 is 0 Å². The van der Waals surface area contributed by atoms with Crippen LogP contribution in [-0.2, 0) is 5.41 Å². The summed E-state index contributed by atoms with van der Waals surface area (Å²) >= 11 is 0. The highest BCUT2D eigenvalue weighted by molar-refractivity contribution is 5.55. The van der Waals surface area contributed by atoms with Crippen molar-refractivity contribution in [3.63, 3.8) is 0 Å². The van der Waals surface area contributed by atoms with Gasteiger partial charge in [-0.2, -0.15) is 0 Å². The molecule has 2 unspecified atom stereocenters. The van der Waals surface area contributed by atoms with Gasteiger partial charge in [0, 0.05) is 11.5 Å². The van der Waals surface area contributed by atoms with E-state index in [1.807, 2.05) is 0 Å². The molecule has 1 saturated carbocycles. The zero-order valence-electron chi connectivity index (χ0n) is 20.2. The normalized spacial score (nSPS) is 24.8. The van der Waals surface area contributed by atoms with E-state index in [1.54, 1.807) is 14.2 Å². The van der Waals surface area contributed by atoms with Gasteiger partial charge in [-0.1, -0.05) is 66.4 Å². The summed E-state index contributed by atoms with van der Waals surface area (Å²) in [7, 11) is 3.54. The van der Waals surface area contributed by atoms with Crippen LogP contribution in [-0.4, -0.2) is 25.9 Å². The van der Waals surface area contributed by atoms with Crippen molar-refractivity contribution < 1.29 is 14.6 Å². The first kappa shape index (κ1) is 23.2. The molecule has 1 fully saturated rings. The largest absolute Gasteiger partial charge is 0.496 e. The number of hydrogen-bond donors (Lipinski definition) is 1. The Bertz CT molecular complexity index is 749. The minimum atomic E-state index is 0.0757. The van der Waals surface area contributed by atoms with Gasteiger partial charge in [0.2, 0.25) is 0 Å². The first-order valence-electron chi connectivity index (χ1n) is 11.8. The predicted molar refractivity (Wildman–Crippen MR) is 125 cm³/mol. The number of unbranched alkanes of at least 4 members (excludes halogenated alkanes) is 3. The third kappa shape index (κ3) is 4.02. The van der Waals surface area contributed by atoms with Gasteiger partial charge in [-0.15, -0.1) is 0 Å². The zero-order chi connectivity index (χ0) is 22.1. The van der Waals surface area contributed by atoms with Crippen LogP contribution in [0.1, 0.15) is 90.2 Å². The summed E-state index contributed by atoms with van der Waals surface area (Å²) in [5.41, 5.74) is 3.88. The van der Waals surface area contributed by atoms with E-state index in [9.17, 15) is 5.11 Å². The fraction of sp³-hybridized carbons (Fsp3) is 0.704. The van der Waals surface area contributed by atoms with Crippen LogP contribution >= 0.6 is 0 Å². The molecule has 3 nitrogen and oxygen atoms in total. The summed E-state index contributed by atoms with van der Waals surface area (Å²) in [6.07, 6.45) is 9.70. The fourth-order valence-electron chi connectivity index (χ4n) is 5.90. The molecule has 2 bridgehead atoms. The monoisotopic (exact) mass is 414 g/mol. The van der Waals surface area contributed by atoms with Crippen molar-refractivity contribution in [2.45, 2.75) is 84.5 Å². The highest BCUT2D eigenvalue weighted by Gasteiger charge is 2.56. The van der Waals surface area contributed by atoms with Gasteiger partial charge in [0.05, 0.1) is 20.8 Å². The second kappa shape index (κ2) is 8.94. The quantitative estimate of drug-likeness (QED) is 0.345. The average Bonchev–Trinajstić information content (AvgIpc) is 2.74. The Kier molecular flexibility index (Phi) is 6.91. The van der Waals surface area contributed by atoms with Gasteiger partial charge in [-0.05, 0) is 58.8 Å². The van der Waals surface area contributed by atoms with E-state index >= 15 is 0 Å². The van der Waals surface area contributed by atoms with Crippen LogP contribution < -0.4 is 9.47 Å². The molecule has 1 N–H and O–H groups in total.